The van der Waals surface area contributed by atoms with E-state index < -0.39 is 0 Å². The third-order valence-electron chi connectivity index (χ3n) is 3.19. The predicted octanol–water partition coefficient (Wildman–Crippen LogP) is 2.77. The van der Waals surface area contributed by atoms with Crippen molar-refractivity contribution in [2.45, 2.75) is 6.92 Å². The fourth-order valence-electron chi connectivity index (χ4n) is 2.14. The standard InChI is InChI=1S/C16H14N4O/c1-10-7-8-11-4-2-6-13(14(11)19-10)20-16(21)12-5-3-9-18-15(12)17/h2-9H,1H3,(H2,17,18)(H,20,21). The van der Waals surface area contributed by atoms with E-state index >= 15 is 0 Å². The molecule has 0 aliphatic carbocycles. The summed E-state index contributed by atoms with van der Waals surface area (Å²) in [5.41, 5.74) is 8.38. The van der Waals surface area contributed by atoms with Gasteiger partial charge in [0.25, 0.3) is 5.91 Å². The van der Waals surface area contributed by atoms with E-state index in [2.05, 4.69) is 15.3 Å². The summed E-state index contributed by atoms with van der Waals surface area (Å²) in [7, 11) is 0. The van der Waals surface area contributed by atoms with Gasteiger partial charge in [0, 0.05) is 17.3 Å². The maximum atomic E-state index is 12.3. The van der Waals surface area contributed by atoms with Crippen LogP contribution < -0.4 is 11.1 Å². The molecule has 0 fully saturated rings. The Kier molecular flexibility index (Phi) is 3.23. The second-order valence-corrected chi connectivity index (χ2v) is 4.72. The Morgan fingerprint density at radius 1 is 1.14 bits per heavy atom. The molecule has 1 amide bonds. The van der Waals surface area contributed by atoms with Gasteiger partial charge in [0.1, 0.15) is 5.82 Å². The van der Waals surface area contributed by atoms with Gasteiger partial charge in [-0.2, -0.15) is 0 Å². The van der Waals surface area contributed by atoms with Crippen LogP contribution in [0.25, 0.3) is 10.9 Å². The number of nitrogen functional groups attached to an aromatic ring is 1. The van der Waals surface area contributed by atoms with E-state index in [4.69, 9.17) is 5.73 Å². The van der Waals surface area contributed by atoms with Crippen LogP contribution in [0.1, 0.15) is 16.1 Å². The Morgan fingerprint density at radius 2 is 2.00 bits per heavy atom. The average Bonchev–Trinajstić information content (AvgIpc) is 2.48. The van der Waals surface area contributed by atoms with Crippen molar-refractivity contribution >= 4 is 28.3 Å². The lowest BCUT2D eigenvalue weighted by Gasteiger charge is -2.09. The van der Waals surface area contributed by atoms with Gasteiger partial charge in [-0.25, -0.2) is 4.98 Å². The molecule has 3 N–H and O–H groups in total. The molecule has 2 heterocycles. The predicted molar refractivity (Wildman–Crippen MR) is 83.1 cm³/mol. The SMILES string of the molecule is Cc1ccc2cccc(NC(=O)c3cccnc3N)c2n1. The van der Waals surface area contributed by atoms with Crippen molar-refractivity contribution in [2.75, 3.05) is 11.1 Å². The molecule has 0 bridgehead atoms. The van der Waals surface area contributed by atoms with E-state index in [1.807, 2.05) is 37.3 Å². The molecule has 0 atom stereocenters. The number of pyridine rings is 2. The first-order chi connectivity index (χ1) is 10.1. The Morgan fingerprint density at radius 3 is 2.81 bits per heavy atom. The Bertz CT molecular complexity index is 829. The number of hydrogen-bond donors (Lipinski definition) is 2. The van der Waals surface area contributed by atoms with Gasteiger partial charge in [-0.15, -0.1) is 0 Å². The highest BCUT2D eigenvalue weighted by atomic mass is 16.1. The highest BCUT2D eigenvalue weighted by molar-refractivity contribution is 6.10. The Labute approximate surface area is 121 Å². The fourth-order valence-corrected chi connectivity index (χ4v) is 2.14. The summed E-state index contributed by atoms with van der Waals surface area (Å²) in [4.78, 5) is 20.7. The maximum Gasteiger partial charge on any atom is 0.259 e. The molecule has 1 aromatic carbocycles. The van der Waals surface area contributed by atoms with Crippen LogP contribution in [0.4, 0.5) is 11.5 Å². The lowest BCUT2D eigenvalue weighted by molar-refractivity contribution is 0.102. The van der Waals surface area contributed by atoms with Crippen molar-refractivity contribution in [3.05, 3.63) is 59.9 Å². The molecule has 21 heavy (non-hydrogen) atoms. The molecule has 104 valence electrons. The molecular formula is C16H14N4O. The zero-order valence-electron chi connectivity index (χ0n) is 11.5. The molecule has 0 aliphatic heterocycles. The second kappa shape index (κ2) is 5.20. The van der Waals surface area contributed by atoms with Crippen LogP contribution in [0.2, 0.25) is 0 Å². The molecule has 0 radical (unpaired) electrons. The van der Waals surface area contributed by atoms with E-state index in [-0.39, 0.29) is 11.7 Å². The lowest BCUT2D eigenvalue weighted by Crippen LogP contribution is -2.15. The minimum Gasteiger partial charge on any atom is -0.383 e. The summed E-state index contributed by atoms with van der Waals surface area (Å²) < 4.78 is 0. The van der Waals surface area contributed by atoms with Crippen LogP contribution in [-0.4, -0.2) is 15.9 Å². The summed E-state index contributed by atoms with van der Waals surface area (Å²) in [5.74, 6) is -0.0872. The highest BCUT2D eigenvalue weighted by Gasteiger charge is 2.12. The number of nitrogens with zero attached hydrogens (tertiary/aromatic N) is 2. The number of amides is 1. The molecule has 0 spiro atoms. The maximum absolute atomic E-state index is 12.3. The van der Waals surface area contributed by atoms with Crippen molar-refractivity contribution in [1.82, 2.24) is 9.97 Å². The fraction of sp³-hybridized carbons (Fsp3) is 0.0625. The summed E-state index contributed by atoms with van der Waals surface area (Å²) in [5, 5.41) is 3.82. The van der Waals surface area contributed by atoms with Crippen LogP contribution in [0, 0.1) is 6.92 Å². The number of anilines is 2. The number of para-hydroxylation sites is 1. The van der Waals surface area contributed by atoms with E-state index in [1.54, 1.807) is 18.3 Å². The molecule has 0 saturated heterocycles. The third kappa shape index (κ3) is 2.53. The third-order valence-corrected chi connectivity index (χ3v) is 3.19. The zero-order valence-corrected chi connectivity index (χ0v) is 11.5. The van der Waals surface area contributed by atoms with Crippen molar-refractivity contribution in [1.29, 1.82) is 0 Å². The number of aryl methyl sites for hydroxylation is 1. The molecule has 3 rings (SSSR count). The molecule has 3 aromatic rings. The topological polar surface area (TPSA) is 80.9 Å². The average molecular weight is 278 g/mol. The monoisotopic (exact) mass is 278 g/mol. The van der Waals surface area contributed by atoms with Crippen molar-refractivity contribution < 1.29 is 4.79 Å². The van der Waals surface area contributed by atoms with Gasteiger partial charge in [-0.3, -0.25) is 9.78 Å². The number of nitrogens with two attached hydrogens (primary N) is 1. The number of rotatable bonds is 2. The van der Waals surface area contributed by atoms with E-state index in [0.29, 0.717) is 11.3 Å². The number of carbonyl (C=O) groups excluding carboxylic acids is 1. The first-order valence-corrected chi connectivity index (χ1v) is 6.53. The minimum atomic E-state index is -0.295. The van der Waals surface area contributed by atoms with Gasteiger partial charge >= 0.3 is 0 Å². The van der Waals surface area contributed by atoms with Gasteiger partial charge in [0.2, 0.25) is 0 Å². The number of nitrogens with one attached hydrogen (secondary N) is 1. The first kappa shape index (κ1) is 13.1. The quantitative estimate of drug-likeness (QED) is 0.755. The van der Waals surface area contributed by atoms with Gasteiger partial charge in [-0.05, 0) is 31.2 Å². The zero-order chi connectivity index (χ0) is 14.8. The van der Waals surface area contributed by atoms with Crippen molar-refractivity contribution in [3.63, 3.8) is 0 Å². The van der Waals surface area contributed by atoms with Crippen LogP contribution in [-0.2, 0) is 0 Å². The molecule has 2 aromatic heterocycles. The number of benzene rings is 1. The van der Waals surface area contributed by atoms with Crippen LogP contribution in [0.3, 0.4) is 0 Å². The second-order valence-electron chi connectivity index (χ2n) is 4.72. The Hall–Kier alpha value is -2.95. The highest BCUT2D eigenvalue weighted by Crippen LogP contribution is 2.22. The largest absolute Gasteiger partial charge is 0.383 e. The molecule has 0 saturated carbocycles. The summed E-state index contributed by atoms with van der Waals surface area (Å²) in [6, 6.07) is 12.9. The smallest absolute Gasteiger partial charge is 0.259 e. The summed E-state index contributed by atoms with van der Waals surface area (Å²) in [6.07, 6.45) is 1.55. The van der Waals surface area contributed by atoms with Crippen molar-refractivity contribution in [2.24, 2.45) is 0 Å². The molecule has 0 aliphatic rings. The van der Waals surface area contributed by atoms with Crippen LogP contribution in [0.15, 0.2) is 48.7 Å². The van der Waals surface area contributed by atoms with Gasteiger partial charge in [0.15, 0.2) is 0 Å². The van der Waals surface area contributed by atoms with Crippen LogP contribution in [0.5, 0.6) is 0 Å². The normalized spacial score (nSPS) is 10.5. The number of aromatic nitrogens is 2. The molecular weight excluding hydrogens is 264 g/mol. The van der Waals surface area contributed by atoms with E-state index in [1.165, 1.54) is 0 Å². The number of carbonyl (C=O) groups is 1. The lowest BCUT2D eigenvalue weighted by atomic mass is 10.1. The summed E-state index contributed by atoms with van der Waals surface area (Å²) >= 11 is 0. The Balaban J connectivity index is 2.00. The van der Waals surface area contributed by atoms with Gasteiger partial charge < -0.3 is 11.1 Å². The summed E-state index contributed by atoms with van der Waals surface area (Å²) in [6.45, 7) is 1.91. The number of fused-ring (bicyclic) bond motifs is 1. The molecule has 0 unspecified atom stereocenters. The van der Waals surface area contributed by atoms with Gasteiger partial charge in [0.05, 0.1) is 16.8 Å². The van der Waals surface area contributed by atoms with E-state index in [0.717, 1.165) is 16.6 Å². The van der Waals surface area contributed by atoms with Gasteiger partial charge in [-0.1, -0.05) is 18.2 Å². The number of hydrogen-bond acceptors (Lipinski definition) is 4. The van der Waals surface area contributed by atoms with Crippen molar-refractivity contribution in [3.8, 4) is 0 Å². The van der Waals surface area contributed by atoms with Crippen LogP contribution >= 0.6 is 0 Å². The molecule has 5 heteroatoms. The first-order valence-electron chi connectivity index (χ1n) is 6.53. The molecule has 5 nitrogen and oxygen atoms in total. The minimum absolute atomic E-state index is 0.208. The van der Waals surface area contributed by atoms with E-state index in [9.17, 15) is 4.79 Å².